The maximum Gasteiger partial charge on any atom is 0.225 e. The average Bonchev–Trinajstić information content (AvgIpc) is 2.62. The maximum atomic E-state index is 12.0. The van der Waals surface area contributed by atoms with Crippen LogP contribution in [0.4, 0.5) is 5.69 Å². The number of hydrogen-bond acceptors (Lipinski definition) is 4. The van der Waals surface area contributed by atoms with Crippen molar-refractivity contribution >= 4 is 23.4 Å². The van der Waals surface area contributed by atoms with Gasteiger partial charge in [-0.2, -0.15) is 5.26 Å². The highest BCUT2D eigenvalue weighted by Crippen LogP contribution is 2.29. The fraction of sp³-hybridized carbons (Fsp3) is 0.350. The molecule has 0 fully saturated rings. The molecule has 1 atom stereocenters. The van der Waals surface area contributed by atoms with Gasteiger partial charge in [0.15, 0.2) is 0 Å². The molecular weight excluding hydrogens is 330 g/mol. The van der Waals surface area contributed by atoms with Crippen LogP contribution in [0.1, 0.15) is 36.6 Å². The van der Waals surface area contributed by atoms with Crippen LogP contribution in [0.5, 0.6) is 0 Å². The van der Waals surface area contributed by atoms with Crippen molar-refractivity contribution in [2.45, 2.75) is 37.6 Å². The number of thioether (sulfide) groups is 1. The number of aromatic nitrogens is 1. The normalized spacial score (nSPS) is 15.9. The van der Waals surface area contributed by atoms with Gasteiger partial charge in [-0.3, -0.25) is 4.79 Å². The van der Waals surface area contributed by atoms with Crippen LogP contribution in [0.25, 0.3) is 0 Å². The highest BCUT2D eigenvalue weighted by Gasteiger charge is 2.19. The molecule has 3 rings (SSSR count). The summed E-state index contributed by atoms with van der Waals surface area (Å²) in [7, 11) is 0. The van der Waals surface area contributed by atoms with Crippen LogP contribution in [0.2, 0.25) is 0 Å². The molecule has 0 saturated carbocycles. The van der Waals surface area contributed by atoms with E-state index in [1.54, 1.807) is 0 Å². The van der Waals surface area contributed by atoms with Crippen molar-refractivity contribution in [2.75, 3.05) is 11.1 Å². The second kappa shape index (κ2) is 8.17. The molecule has 1 unspecified atom stereocenters. The number of rotatable bonds is 5. The molecule has 1 aromatic heterocycles. The average molecular weight is 351 g/mol. The van der Waals surface area contributed by atoms with E-state index in [-0.39, 0.29) is 5.91 Å². The van der Waals surface area contributed by atoms with E-state index < -0.39 is 0 Å². The topological polar surface area (TPSA) is 65.8 Å². The Morgan fingerprint density at radius 3 is 2.96 bits per heavy atom. The van der Waals surface area contributed by atoms with Crippen molar-refractivity contribution in [1.82, 2.24) is 4.98 Å². The number of benzene rings is 1. The van der Waals surface area contributed by atoms with Gasteiger partial charge in [0.2, 0.25) is 5.91 Å². The van der Waals surface area contributed by atoms with E-state index in [1.165, 1.54) is 17.3 Å². The number of nitriles is 1. The lowest BCUT2D eigenvalue weighted by Crippen LogP contribution is -2.14. The van der Waals surface area contributed by atoms with Gasteiger partial charge in [-0.1, -0.05) is 25.1 Å². The third-order valence-electron chi connectivity index (χ3n) is 4.34. The Kier molecular flexibility index (Phi) is 5.72. The Bertz CT molecular complexity index is 799. The monoisotopic (exact) mass is 351 g/mol. The number of pyridine rings is 1. The standard InChI is InChI=1S/C20H21N3OS/c1-14-7-8-18-15(11-14)12-16(13-21)20(23-18)25-10-9-19(24)22-17-5-3-2-4-6-17/h2-6,12,14H,7-11H2,1H3,(H,22,24). The molecule has 128 valence electrons. The molecule has 0 saturated heterocycles. The summed E-state index contributed by atoms with van der Waals surface area (Å²) in [6.07, 6.45) is 3.52. The molecule has 1 aliphatic rings. The van der Waals surface area contributed by atoms with Gasteiger partial charge in [0.25, 0.3) is 0 Å². The number of para-hydroxylation sites is 1. The molecule has 1 aliphatic carbocycles. The van der Waals surface area contributed by atoms with Crippen molar-refractivity contribution < 1.29 is 4.79 Å². The molecule has 0 bridgehead atoms. The van der Waals surface area contributed by atoms with E-state index in [1.807, 2.05) is 36.4 Å². The van der Waals surface area contributed by atoms with Gasteiger partial charge < -0.3 is 5.32 Å². The maximum absolute atomic E-state index is 12.0. The van der Waals surface area contributed by atoms with Crippen LogP contribution >= 0.6 is 11.8 Å². The summed E-state index contributed by atoms with van der Waals surface area (Å²) < 4.78 is 0. The largest absolute Gasteiger partial charge is 0.326 e. The van der Waals surface area contributed by atoms with E-state index in [4.69, 9.17) is 4.98 Å². The van der Waals surface area contributed by atoms with E-state index >= 15 is 0 Å². The van der Waals surface area contributed by atoms with Gasteiger partial charge in [-0.25, -0.2) is 4.98 Å². The number of hydrogen-bond donors (Lipinski definition) is 1. The van der Waals surface area contributed by atoms with Gasteiger partial charge in [-0.15, -0.1) is 11.8 Å². The van der Waals surface area contributed by atoms with Gasteiger partial charge in [-0.05, 0) is 48.9 Å². The predicted molar refractivity (Wildman–Crippen MR) is 101 cm³/mol. The fourth-order valence-corrected chi connectivity index (χ4v) is 3.92. The SMILES string of the molecule is CC1CCc2nc(SCCC(=O)Nc3ccccc3)c(C#N)cc2C1. The van der Waals surface area contributed by atoms with Crippen LogP contribution in [0, 0.1) is 17.2 Å². The number of nitrogens with zero attached hydrogens (tertiary/aromatic N) is 2. The van der Waals surface area contributed by atoms with Crippen molar-refractivity contribution in [3.8, 4) is 6.07 Å². The number of fused-ring (bicyclic) bond motifs is 1. The summed E-state index contributed by atoms with van der Waals surface area (Å²) in [5, 5.41) is 13.0. The summed E-state index contributed by atoms with van der Waals surface area (Å²) in [5.41, 5.74) is 3.76. The summed E-state index contributed by atoms with van der Waals surface area (Å²) >= 11 is 1.49. The smallest absolute Gasteiger partial charge is 0.225 e. The fourth-order valence-electron chi connectivity index (χ4n) is 3.00. The van der Waals surface area contributed by atoms with Gasteiger partial charge >= 0.3 is 0 Å². The molecule has 0 aliphatic heterocycles. The zero-order valence-electron chi connectivity index (χ0n) is 14.3. The molecule has 1 N–H and O–H groups in total. The van der Waals surface area contributed by atoms with Crippen LogP contribution in [-0.2, 0) is 17.6 Å². The molecule has 25 heavy (non-hydrogen) atoms. The molecule has 1 aromatic carbocycles. The van der Waals surface area contributed by atoms with Gasteiger partial charge in [0.05, 0.1) is 5.56 Å². The first-order valence-corrected chi connectivity index (χ1v) is 9.55. The minimum absolute atomic E-state index is 0.0241. The van der Waals surface area contributed by atoms with Crippen molar-refractivity contribution in [1.29, 1.82) is 5.26 Å². The highest BCUT2D eigenvalue weighted by molar-refractivity contribution is 7.99. The van der Waals surface area contributed by atoms with Gasteiger partial charge in [0.1, 0.15) is 11.1 Å². The number of carbonyl (C=O) groups is 1. The minimum atomic E-state index is -0.0241. The van der Waals surface area contributed by atoms with Crippen LogP contribution in [-0.4, -0.2) is 16.6 Å². The first kappa shape index (κ1) is 17.5. The summed E-state index contributed by atoms with van der Waals surface area (Å²) in [6.45, 7) is 2.24. The molecule has 0 spiro atoms. The van der Waals surface area contributed by atoms with Crippen LogP contribution in [0.3, 0.4) is 0 Å². The summed E-state index contributed by atoms with van der Waals surface area (Å²) in [6, 6.07) is 13.7. The lowest BCUT2D eigenvalue weighted by Gasteiger charge is -2.21. The Morgan fingerprint density at radius 2 is 2.20 bits per heavy atom. The number of anilines is 1. The predicted octanol–water partition coefficient (Wildman–Crippen LogP) is 4.20. The lowest BCUT2D eigenvalue weighted by atomic mass is 9.87. The molecule has 2 aromatic rings. The molecule has 1 heterocycles. The Balaban J connectivity index is 1.59. The number of aryl methyl sites for hydroxylation is 1. The van der Waals surface area contributed by atoms with Crippen molar-refractivity contribution in [3.63, 3.8) is 0 Å². The second-order valence-corrected chi connectivity index (χ2v) is 7.50. The Labute approximate surface area is 152 Å². The molecule has 1 amide bonds. The van der Waals surface area contributed by atoms with Crippen LogP contribution < -0.4 is 5.32 Å². The zero-order valence-corrected chi connectivity index (χ0v) is 15.1. The van der Waals surface area contributed by atoms with E-state index in [0.29, 0.717) is 23.7 Å². The van der Waals surface area contributed by atoms with Gasteiger partial charge in [0, 0.05) is 23.6 Å². The van der Waals surface area contributed by atoms with Crippen molar-refractivity contribution in [3.05, 3.63) is 53.2 Å². The van der Waals surface area contributed by atoms with Crippen molar-refractivity contribution in [2.24, 2.45) is 5.92 Å². The second-order valence-electron chi connectivity index (χ2n) is 6.42. The molecular formula is C20H21N3OS. The molecule has 5 heteroatoms. The van der Waals surface area contributed by atoms with E-state index in [0.717, 1.165) is 35.7 Å². The van der Waals surface area contributed by atoms with Crippen LogP contribution in [0.15, 0.2) is 41.4 Å². The zero-order chi connectivity index (χ0) is 17.6. The number of amides is 1. The first-order chi connectivity index (χ1) is 12.2. The first-order valence-electron chi connectivity index (χ1n) is 8.56. The number of nitrogens with one attached hydrogen (secondary N) is 1. The third-order valence-corrected chi connectivity index (χ3v) is 5.34. The Hall–Kier alpha value is -2.32. The third kappa shape index (κ3) is 4.61. The summed E-state index contributed by atoms with van der Waals surface area (Å²) in [4.78, 5) is 16.7. The van der Waals surface area contributed by atoms with E-state index in [9.17, 15) is 10.1 Å². The minimum Gasteiger partial charge on any atom is -0.326 e. The molecule has 0 radical (unpaired) electrons. The Morgan fingerprint density at radius 1 is 1.40 bits per heavy atom. The lowest BCUT2D eigenvalue weighted by molar-refractivity contribution is -0.115. The quantitative estimate of drug-likeness (QED) is 0.820. The number of carbonyl (C=O) groups excluding carboxylic acids is 1. The highest BCUT2D eigenvalue weighted by atomic mass is 32.2. The molecule has 4 nitrogen and oxygen atoms in total. The van der Waals surface area contributed by atoms with E-state index in [2.05, 4.69) is 18.3 Å². The summed E-state index contributed by atoms with van der Waals surface area (Å²) in [5.74, 6) is 1.24.